The van der Waals surface area contributed by atoms with E-state index in [1.807, 2.05) is 14.1 Å². The van der Waals surface area contributed by atoms with Gasteiger partial charge in [0.25, 0.3) is 11.6 Å². The fraction of sp³-hybridized carbons (Fsp3) is 0.235. The van der Waals surface area contributed by atoms with Crippen molar-refractivity contribution >= 4 is 33.2 Å². The van der Waals surface area contributed by atoms with Gasteiger partial charge in [-0.3, -0.25) is 14.9 Å². The number of halogens is 4. The molecule has 1 amide bonds. The van der Waals surface area contributed by atoms with Gasteiger partial charge in [-0.15, -0.1) is 0 Å². The largest absolute Gasteiger partial charge is 0.456 e. The number of ether oxygens (including phenoxy) is 1. The van der Waals surface area contributed by atoms with Gasteiger partial charge in [0.2, 0.25) is 10.0 Å². The standard InChI is InChI=1S/C15H10ClF3N2O6S.C2H7N/c1-28(25,26)20-14(22)10-7-9(3-4-12(10)21(23)24)27-13-5-2-8(6-11(13)16)15(17,18)19;1-3-2/h2-7H,1H3,(H,20,22);3H,1-2H3. The van der Waals surface area contributed by atoms with Gasteiger partial charge < -0.3 is 10.1 Å². The quantitative estimate of drug-likeness (QED) is 0.491. The van der Waals surface area contributed by atoms with E-state index in [1.54, 1.807) is 4.72 Å². The number of nitrogens with zero attached hydrogens (tertiary/aromatic N) is 1. The van der Waals surface area contributed by atoms with E-state index in [0.29, 0.717) is 18.4 Å². The summed E-state index contributed by atoms with van der Waals surface area (Å²) in [6, 6.07) is 5.09. The second-order valence-corrected chi connectivity index (χ2v) is 8.04. The number of hydrogen-bond donors (Lipinski definition) is 2. The highest BCUT2D eigenvalue weighted by Crippen LogP contribution is 2.37. The number of nitro groups is 1. The van der Waals surface area contributed by atoms with Gasteiger partial charge in [0.1, 0.15) is 17.1 Å². The van der Waals surface area contributed by atoms with Crippen molar-refractivity contribution in [1.29, 1.82) is 0 Å². The maximum absolute atomic E-state index is 12.7. The van der Waals surface area contributed by atoms with Crippen LogP contribution >= 0.6 is 11.6 Å². The number of benzene rings is 2. The Kier molecular flexibility index (Phi) is 8.78. The predicted molar refractivity (Wildman–Crippen MR) is 107 cm³/mol. The summed E-state index contributed by atoms with van der Waals surface area (Å²) in [7, 11) is -0.252. The molecule has 0 spiro atoms. The normalized spacial score (nSPS) is 11.2. The lowest BCUT2D eigenvalue weighted by Crippen LogP contribution is -2.29. The number of nitrogens with one attached hydrogen (secondary N) is 2. The lowest BCUT2D eigenvalue weighted by molar-refractivity contribution is -0.385. The van der Waals surface area contributed by atoms with Gasteiger partial charge in [0.15, 0.2) is 0 Å². The molecule has 31 heavy (non-hydrogen) atoms. The molecule has 0 aliphatic heterocycles. The van der Waals surface area contributed by atoms with Gasteiger partial charge in [-0.1, -0.05) is 11.6 Å². The van der Waals surface area contributed by atoms with E-state index < -0.39 is 48.9 Å². The molecule has 0 bridgehead atoms. The van der Waals surface area contributed by atoms with E-state index in [9.17, 15) is 36.5 Å². The molecular weight excluding hydrogens is 467 g/mol. The molecule has 0 heterocycles. The summed E-state index contributed by atoms with van der Waals surface area (Å²) in [6.07, 6.45) is -3.94. The van der Waals surface area contributed by atoms with E-state index in [4.69, 9.17) is 16.3 Å². The minimum absolute atomic E-state index is 0.189. The van der Waals surface area contributed by atoms with E-state index in [2.05, 4.69) is 5.32 Å². The van der Waals surface area contributed by atoms with Gasteiger partial charge >= 0.3 is 6.18 Å². The Morgan fingerprint density at radius 3 is 2.19 bits per heavy atom. The number of sulfonamides is 1. The molecule has 0 fully saturated rings. The van der Waals surface area contributed by atoms with Crippen LogP contribution in [0.1, 0.15) is 15.9 Å². The molecule has 9 nitrogen and oxygen atoms in total. The summed E-state index contributed by atoms with van der Waals surface area (Å²) in [6.45, 7) is 0. The third-order valence-corrected chi connectivity index (χ3v) is 4.03. The second-order valence-electron chi connectivity index (χ2n) is 5.88. The number of carbonyl (C=O) groups is 1. The molecule has 0 aliphatic rings. The van der Waals surface area contributed by atoms with Crippen LogP contribution in [0.2, 0.25) is 5.02 Å². The van der Waals surface area contributed by atoms with Crippen molar-refractivity contribution in [2.24, 2.45) is 0 Å². The zero-order valence-corrected chi connectivity index (χ0v) is 17.9. The van der Waals surface area contributed by atoms with Gasteiger partial charge in [-0.2, -0.15) is 13.2 Å². The summed E-state index contributed by atoms with van der Waals surface area (Å²) in [5.74, 6) is -1.68. The third kappa shape index (κ3) is 8.03. The zero-order valence-electron chi connectivity index (χ0n) is 16.3. The van der Waals surface area contributed by atoms with Crippen molar-refractivity contribution in [3.05, 3.63) is 62.7 Å². The molecule has 2 N–H and O–H groups in total. The SMILES string of the molecule is CNC.CS(=O)(=O)NC(=O)c1cc(Oc2ccc(C(F)(F)F)cc2Cl)ccc1[N+](=O)[O-]. The fourth-order valence-corrected chi connectivity index (χ4v) is 2.70. The maximum Gasteiger partial charge on any atom is 0.416 e. The van der Waals surface area contributed by atoms with Crippen molar-refractivity contribution in [2.75, 3.05) is 20.4 Å². The number of hydrogen-bond acceptors (Lipinski definition) is 7. The van der Waals surface area contributed by atoms with Gasteiger partial charge in [-0.05, 0) is 38.4 Å². The first kappa shape index (κ1) is 26.1. The molecular formula is C17H17ClF3N3O6S. The third-order valence-electron chi connectivity index (χ3n) is 3.17. The summed E-state index contributed by atoms with van der Waals surface area (Å²) in [5, 5.41) is 13.4. The second kappa shape index (κ2) is 10.4. The van der Waals surface area contributed by atoms with E-state index in [0.717, 1.165) is 24.3 Å². The Labute approximate surface area is 180 Å². The van der Waals surface area contributed by atoms with Crippen molar-refractivity contribution in [3.63, 3.8) is 0 Å². The van der Waals surface area contributed by atoms with Crippen LogP contribution in [0.15, 0.2) is 36.4 Å². The topological polar surface area (TPSA) is 128 Å². The molecule has 0 atom stereocenters. The first-order chi connectivity index (χ1) is 14.2. The minimum Gasteiger partial charge on any atom is -0.456 e. The molecule has 14 heteroatoms. The van der Waals surface area contributed by atoms with Crippen molar-refractivity contribution in [2.45, 2.75) is 6.18 Å². The molecule has 0 unspecified atom stereocenters. The number of amides is 1. The van der Waals surface area contributed by atoms with Crippen LogP contribution in [0.25, 0.3) is 0 Å². The molecule has 170 valence electrons. The molecule has 0 radical (unpaired) electrons. The van der Waals surface area contributed by atoms with Crippen LogP contribution in [-0.2, 0) is 16.2 Å². The molecule has 2 aromatic carbocycles. The lowest BCUT2D eigenvalue weighted by atomic mass is 10.1. The van der Waals surface area contributed by atoms with E-state index >= 15 is 0 Å². The highest BCUT2D eigenvalue weighted by molar-refractivity contribution is 7.89. The van der Waals surface area contributed by atoms with Crippen molar-refractivity contribution in [3.8, 4) is 11.5 Å². The Bertz CT molecular complexity index is 1080. The van der Waals surface area contributed by atoms with Crippen LogP contribution in [0.4, 0.5) is 18.9 Å². The molecule has 0 aromatic heterocycles. The van der Waals surface area contributed by atoms with Crippen LogP contribution in [0, 0.1) is 10.1 Å². The first-order valence-corrected chi connectivity index (χ1v) is 10.4. The summed E-state index contributed by atoms with van der Waals surface area (Å²) < 4.78 is 67.2. The predicted octanol–water partition coefficient (Wildman–Crippen LogP) is 3.58. The van der Waals surface area contributed by atoms with Crippen LogP contribution in [0.3, 0.4) is 0 Å². The smallest absolute Gasteiger partial charge is 0.416 e. The van der Waals surface area contributed by atoms with Crippen molar-refractivity contribution in [1.82, 2.24) is 10.0 Å². The monoisotopic (exact) mass is 483 g/mol. The molecule has 2 rings (SSSR count). The summed E-state index contributed by atoms with van der Waals surface area (Å²) >= 11 is 5.76. The molecule has 0 aliphatic carbocycles. The van der Waals surface area contributed by atoms with Crippen LogP contribution in [-0.4, -0.2) is 39.6 Å². The molecule has 2 aromatic rings. The minimum atomic E-state index is -4.62. The number of rotatable bonds is 5. The average Bonchev–Trinajstić information content (AvgIpc) is 2.61. The Morgan fingerprint density at radius 2 is 1.74 bits per heavy atom. The number of carbonyl (C=O) groups excluding carboxylic acids is 1. The van der Waals surface area contributed by atoms with E-state index in [-0.39, 0.29) is 11.5 Å². The van der Waals surface area contributed by atoms with Crippen LogP contribution < -0.4 is 14.8 Å². The fourth-order valence-electron chi connectivity index (χ4n) is 2.03. The highest BCUT2D eigenvalue weighted by atomic mass is 35.5. The average molecular weight is 484 g/mol. The summed E-state index contributed by atoms with van der Waals surface area (Å²) in [4.78, 5) is 22.2. The Morgan fingerprint density at radius 1 is 1.16 bits per heavy atom. The Hall–Kier alpha value is -2.90. The Balaban J connectivity index is 0.00000151. The van der Waals surface area contributed by atoms with E-state index in [1.165, 1.54) is 0 Å². The number of nitro benzene ring substituents is 1. The van der Waals surface area contributed by atoms with Gasteiger partial charge in [0, 0.05) is 12.1 Å². The van der Waals surface area contributed by atoms with Gasteiger partial charge in [-0.25, -0.2) is 13.1 Å². The molecule has 0 saturated carbocycles. The zero-order chi connectivity index (χ0) is 24.0. The molecule has 0 saturated heterocycles. The van der Waals surface area contributed by atoms with Crippen LogP contribution in [0.5, 0.6) is 11.5 Å². The first-order valence-electron chi connectivity index (χ1n) is 8.13. The lowest BCUT2D eigenvalue weighted by Gasteiger charge is -2.12. The number of alkyl halides is 3. The maximum atomic E-state index is 12.7. The summed E-state index contributed by atoms with van der Waals surface area (Å²) in [5.41, 5.74) is -2.34. The van der Waals surface area contributed by atoms with Crippen molar-refractivity contribution < 1.29 is 36.0 Å². The van der Waals surface area contributed by atoms with Gasteiger partial charge in [0.05, 0.1) is 21.8 Å². The highest BCUT2D eigenvalue weighted by Gasteiger charge is 2.31.